The lowest BCUT2D eigenvalue weighted by molar-refractivity contribution is 0.303. The molecule has 4 aromatic carbocycles. The molecule has 4 N–H and O–H groups in total. The van der Waals surface area contributed by atoms with Gasteiger partial charge >= 0.3 is 0 Å². The molecule has 1 aliphatic rings. The third-order valence-electron chi connectivity index (χ3n) is 9.41. The highest BCUT2D eigenvalue weighted by molar-refractivity contribution is 7.86. The van der Waals surface area contributed by atoms with Crippen molar-refractivity contribution in [3.8, 4) is 23.0 Å². The average Bonchev–Trinajstić information content (AvgIpc) is 3.13. The molecule has 4 aromatic rings. The number of fused-ring (bicyclic) bond motifs is 8. The lowest BCUT2D eigenvalue weighted by atomic mass is 9.91. The van der Waals surface area contributed by atoms with Crippen molar-refractivity contribution in [1.82, 2.24) is 0 Å². The second-order valence-corrected chi connectivity index (χ2v) is 20.6. The van der Waals surface area contributed by atoms with Crippen molar-refractivity contribution in [2.24, 2.45) is 0 Å². The van der Waals surface area contributed by atoms with Gasteiger partial charge in [-0.15, -0.1) is 0 Å². The van der Waals surface area contributed by atoms with Crippen LogP contribution in [0.25, 0.3) is 0 Å². The zero-order valence-electron chi connectivity index (χ0n) is 32.6. The second-order valence-electron chi connectivity index (χ2n) is 14.3. The molecular weight excluding hydrogens is 865 g/mol. The Morgan fingerprint density at radius 3 is 0.650 bits per heavy atom. The number of rotatable bonds is 20. The van der Waals surface area contributed by atoms with Crippen molar-refractivity contribution < 1.29 is 70.8 Å². The molecular formula is C40H48O16S4. The summed E-state index contributed by atoms with van der Waals surface area (Å²) in [5, 5.41) is 0. The predicted molar refractivity (Wildman–Crippen MR) is 223 cm³/mol. The smallest absolute Gasteiger partial charge is 0.264 e. The highest BCUT2D eigenvalue weighted by atomic mass is 32.2. The van der Waals surface area contributed by atoms with Crippen LogP contribution in [0, 0.1) is 0 Å². The fraction of sp³-hybridized carbons (Fsp3) is 0.400. The maximum absolute atomic E-state index is 11.5. The molecule has 0 aromatic heterocycles. The summed E-state index contributed by atoms with van der Waals surface area (Å²) in [4.78, 5) is 0. The molecule has 8 bridgehead atoms. The molecule has 0 unspecified atom stereocenters. The van der Waals surface area contributed by atoms with E-state index in [-0.39, 0.29) is 77.8 Å². The Balaban J connectivity index is 1.67. The molecule has 5 rings (SSSR count). The highest BCUT2D eigenvalue weighted by Crippen LogP contribution is 2.39. The zero-order valence-corrected chi connectivity index (χ0v) is 35.8. The Morgan fingerprint density at radius 2 is 0.500 bits per heavy atom. The Hall–Kier alpha value is -4.28. The summed E-state index contributed by atoms with van der Waals surface area (Å²) in [5.74, 6) is -0.331. The van der Waals surface area contributed by atoms with Crippen molar-refractivity contribution in [1.29, 1.82) is 0 Å². The van der Waals surface area contributed by atoms with Crippen LogP contribution in [0.2, 0.25) is 0 Å². The van der Waals surface area contributed by atoms with Crippen molar-refractivity contribution in [3.05, 3.63) is 117 Å². The maximum atomic E-state index is 11.5. The maximum Gasteiger partial charge on any atom is 0.264 e. The van der Waals surface area contributed by atoms with E-state index in [1.165, 1.54) is 0 Å². The minimum absolute atomic E-state index is 0.0141. The molecule has 0 fully saturated rings. The minimum Gasteiger partial charge on any atom is -0.493 e. The molecule has 0 heterocycles. The Kier molecular flexibility index (Phi) is 16.0. The van der Waals surface area contributed by atoms with Gasteiger partial charge < -0.3 is 18.9 Å². The third-order valence-corrected chi connectivity index (χ3v) is 12.6. The van der Waals surface area contributed by atoms with Crippen LogP contribution in [0.4, 0.5) is 0 Å². The van der Waals surface area contributed by atoms with Crippen molar-refractivity contribution >= 4 is 40.5 Å². The SMILES string of the molecule is O=S(=O)(O)CCCOc1c2cccc1Cc1cccc(c1OCCCS(=O)(=O)O)Cc1cccc(c1OCCCS(=O)(=O)O)Cc1cccc(c1OCCCS(=O)(=O)O)C2. The molecule has 16 nitrogen and oxygen atoms in total. The summed E-state index contributed by atoms with van der Waals surface area (Å²) in [6.07, 6.45) is 0.836. The average molecular weight is 913 g/mol. The van der Waals surface area contributed by atoms with Crippen LogP contribution in [0.1, 0.15) is 70.2 Å². The lowest BCUT2D eigenvalue weighted by Crippen LogP contribution is -2.13. The van der Waals surface area contributed by atoms with E-state index in [9.17, 15) is 51.9 Å². The Bertz CT molecular complexity index is 2130. The molecule has 1 aliphatic carbocycles. The minimum atomic E-state index is -4.26. The molecule has 0 atom stereocenters. The highest BCUT2D eigenvalue weighted by Gasteiger charge is 2.22. The zero-order chi connectivity index (χ0) is 43.6. The van der Waals surface area contributed by atoms with E-state index in [2.05, 4.69) is 0 Å². The van der Waals surface area contributed by atoms with E-state index < -0.39 is 63.5 Å². The van der Waals surface area contributed by atoms with Crippen LogP contribution in [0.3, 0.4) is 0 Å². The first-order valence-corrected chi connectivity index (χ1v) is 25.4. The molecule has 60 heavy (non-hydrogen) atoms. The first kappa shape index (κ1) is 46.8. The summed E-state index contributed by atoms with van der Waals surface area (Å²) in [7, 11) is -17.0. The van der Waals surface area contributed by atoms with Crippen molar-refractivity contribution in [3.63, 3.8) is 0 Å². The summed E-state index contributed by atoms with van der Waals surface area (Å²) in [6.45, 7) is -0.264. The molecule has 0 radical (unpaired) electrons. The van der Waals surface area contributed by atoms with E-state index in [1.54, 1.807) is 0 Å². The number of para-hydroxylation sites is 4. The molecule has 328 valence electrons. The van der Waals surface area contributed by atoms with Crippen LogP contribution >= 0.6 is 0 Å². The van der Waals surface area contributed by atoms with Crippen molar-refractivity contribution in [2.75, 3.05) is 49.4 Å². The topological polar surface area (TPSA) is 254 Å². The van der Waals surface area contributed by atoms with E-state index in [4.69, 9.17) is 18.9 Å². The van der Waals surface area contributed by atoms with Gasteiger partial charge in [0.05, 0.1) is 49.4 Å². The Morgan fingerprint density at radius 1 is 0.333 bits per heavy atom. The van der Waals surface area contributed by atoms with E-state index in [1.807, 2.05) is 72.8 Å². The summed E-state index contributed by atoms with van der Waals surface area (Å²) in [6, 6.07) is 22.0. The normalized spacial score (nSPS) is 13.4. The van der Waals surface area contributed by atoms with Gasteiger partial charge in [0, 0.05) is 25.7 Å². The fourth-order valence-electron chi connectivity index (χ4n) is 6.89. The largest absolute Gasteiger partial charge is 0.493 e. The standard InChI is InChI=1S/C40H48O16S4/c41-57(42,43)21-5-17-53-37-29-9-1-10-30(37)26-32-12-3-14-34(39(32)55-19-7-23-59(47,48)49)28-36-16-4-15-35(40(36)56-20-8-24-60(50,51)52)27-33-13-2-11-31(25-29)38(33)54-18-6-22-58(44,45)46/h1-4,9-16H,5-8,17-28H2,(H,41,42,43)(H,44,45,46)(H,47,48,49)(H,50,51,52). The van der Waals surface area contributed by atoms with Crippen LogP contribution in [0.5, 0.6) is 23.0 Å². The second kappa shape index (κ2) is 20.5. The first-order chi connectivity index (χ1) is 28.2. The molecule has 0 aliphatic heterocycles. The van der Waals surface area contributed by atoms with Crippen LogP contribution in [-0.4, -0.2) is 101 Å². The van der Waals surface area contributed by atoms with Crippen LogP contribution in [0.15, 0.2) is 72.8 Å². The van der Waals surface area contributed by atoms with Gasteiger partial charge in [0.2, 0.25) is 0 Å². The van der Waals surface area contributed by atoms with Gasteiger partial charge in [-0.3, -0.25) is 18.2 Å². The van der Waals surface area contributed by atoms with Gasteiger partial charge in [-0.1, -0.05) is 72.8 Å². The van der Waals surface area contributed by atoms with Crippen LogP contribution < -0.4 is 18.9 Å². The predicted octanol–water partition coefficient (Wildman–Crippen LogP) is 4.99. The van der Waals surface area contributed by atoms with E-state index in [0.29, 0.717) is 67.5 Å². The number of hydrogen-bond donors (Lipinski definition) is 4. The van der Waals surface area contributed by atoms with Gasteiger partial charge in [-0.05, 0) is 70.2 Å². The molecule has 0 saturated heterocycles. The fourth-order valence-corrected chi connectivity index (χ4v) is 8.82. The van der Waals surface area contributed by atoms with Crippen molar-refractivity contribution in [2.45, 2.75) is 51.4 Å². The van der Waals surface area contributed by atoms with E-state index in [0.717, 1.165) is 0 Å². The quantitative estimate of drug-likeness (QED) is 0.0593. The first-order valence-electron chi connectivity index (χ1n) is 19.0. The number of hydrogen-bond acceptors (Lipinski definition) is 12. The van der Waals surface area contributed by atoms with Gasteiger partial charge in [-0.2, -0.15) is 33.7 Å². The molecule has 0 spiro atoms. The monoisotopic (exact) mass is 912 g/mol. The number of ether oxygens (including phenoxy) is 4. The summed E-state index contributed by atoms with van der Waals surface area (Å²) in [5.41, 5.74) is 5.47. The Labute approximate surface area is 350 Å². The summed E-state index contributed by atoms with van der Waals surface area (Å²) < 4.78 is 155. The van der Waals surface area contributed by atoms with Gasteiger partial charge in [-0.25, -0.2) is 0 Å². The molecule has 0 saturated carbocycles. The van der Waals surface area contributed by atoms with Gasteiger partial charge in [0.25, 0.3) is 40.5 Å². The lowest BCUT2D eigenvalue weighted by Gasteiger charge is -2.23. The molecule has 20 heteroatoms. The van der Waals surface area contributed by atoms with Gasteiger partial charge in [0.1, 0.15) is 23.0 Å². The van der Waals surface area contributed by atoms with Crippen LogP contribution in [-0.2, 0) is 66.2 Å². The summed E-state index contributed by atoms with van der Waals surface area (Å²) >= 11 is 0. The third kappa shape index (κ3) is 15.0. The van der Waals surface area contributed by atoms with E-state index >= 15 is 0 Å². The van der Waals surface area contributed by atoms with Gasteiger partial charge in [0.15, 0.2) is 0 Å². The molecule has 0 amide bonds. The number of benzene rings is 4.